The van der Waals surface area contributed by atoms with Gasteiger partial charge in [-0.15, -0.1) is 0 Å². The van der Waals surface area contributed by atoms with E-state index >= 15 is 0 Å². The molecule has 0 aliphatic carbocycles. The molecule has 3 aliphatic heterocycles. The first-order valence-corrected chi connectivity index (χ1v) is 11.0. The second-order valence-electron chi connectivity index (χ2n) is 9.18. The number of likely N-dealkylation sites (tertiary alicyclic amines) is 2. The van der Waals surface area contributed by atoms with Gasteiger partial charge in [0.25, 0.3) is 0 Å². The fraction of sp³-hybridized carbons (Fsp3) is 0.500. The Balaban J connectivity index is 1.24. The van der Waals surface area contributed by atoms with Crippen molar-refractivity contribution in [2.45, 2.75) is 32.4 Å². The van der Waals surface area contributed by atoms with Gasteiger partial charge in [-0.3, -0.25) is 0 Å². The minimum Gasteiger partial charge on any atom is -0.493 e. The van der Waals surface area contributed by atoms with E-state index in [0.29, 0.717) is 11.2 Å². The lowest BCUT2D eigenvalue weighted by molar-refractivity contribution is -0.937. The third-order valence-corrected chi connectivity index (χ3v) is 7.07. The van der Waals surface area contributed by atoms with E-state index in [1.54, 1.807) is 24.1 Å². The van der Waals surface area contributed by atoms with Crippen molar-refractivity contribution in [3.63, 3.8) is 0 Å². The molecule has 2 saturated heterocycles. The molecule has 2 aromatic rings. The highest BCUT2D eigenvalue weighted by Crippen LogP contribution is 2.41. The van der Waals surface area contributed by atoms with Crippen molar-refractivity contribution in [2.24, 2.45) is 5.41 Å². The number of halogens is 1. The van der Waals surface area contributed by atoms with E-state index in [4.69, 9.17) is 14.2 Å². The molecule has 0 saturated carbocycles. The zero-order chi connectivity index (χ0) is 20.6. The van der Waals surface area contributed by atoms with Crippen molar-refractivity contribution in [1.82, 2.24) is 0 Å². The van der Waals surface area contributed by atoms with Crippen molar-refractivity contribution in [3.05, 3.63) is 53.3 Å². The summed E-state index contributed by atoms with van der Waals surface area (Å²) in [4.78, 5) is 3.14. The van der Waals surface area contributed by atoms with E-state index in [9.17, 15) is 4.39 Å². The molecule has 6 heteroatoms. The Morgan fingerprint density at radius 2 is 1.87 bits per heavy atom. The van der Waals surface area contributed by atoms with E-state index in [2.05, 4.69) is 12.1 Å². The number of hydrogen-bond donors (Lipinski definition) is 2. The lowest BCUT2D eigenvalue weighted by atomic mass is 9.79. The molecule has 5 nitrogen and oxygen atoms in total. The summed E-state index contributed by atoms with van der Waals surface area (Å²) >= 11 is 0. The lowest BCUT2D eigenvalue weighted by Crippen LogP contribution is -3.14. The van der Waals surface area contributed by atoms with Gasteiger partial charge in [0.2, 0.25) is 12.5 Å². The SMILES string of the molecule is COc1cc(C[NH+]2CC[C@]3(CCC[NH+](Cc4ccccc4F)C3)C2)cc2c1OCO2. The van der Waals surface area contributed by atoms with Crippen molar-refractivity contribution in [1.29, 1.82) is 0 Å². The smallest absolute Gasteiger partial charge is 0.231 e. The third kappa shape index (κ3) is 3.86. The molecular formula is C24H31FN2O3+2. The molecule has 5 rings (SSSR count). The average molecular weight is 415 g/mol. The topological polar surface area (TPSA) is 36.6 Å². The summed E-state index contributed by atoms with van der Waals surface area (Å²) in [5, 5.41) is 0. The standard InChI is InChI=1S/C24H29FN2O3/c1-28-21-11-18(12-22-23(21)30-17-29-22)13-27-10-8-24(16-27)7-4-9-26(15-24)14-19-5-2-3-6-20(19)25/h2-3,5-6,11-12H,4,7-10,13-17H2,1H3/p+2/t24-/m0/s1. The number of benzene rings is 2. The number of nitrogens with one attached hydrogen (secondary N) is 2. The Kier molecular flexibility index (Phi) is 5.29. The van der Waals surface area contributed by atoms with Gasteiger partial charge in [0.15, 0.2) is 11.5 Å². The van der Waals surface area contributed by atoms with Gasteiger partial charge in [-0.05, 0) is 31.0 Å². The van der Waals surface area contributed by atoms with Crippen LogP contribution in [-0.4, -0.2) is 40.1 Å². The Morgan fingerprint density at radius 3 is 2.70 bits per heavy atom. The largest absolute Gasteiger partial charge is 0.493 e. The van der Waals surface area contributed by atoms with Crippen LogP contribution in [-0.2, 0) is 13.1 Å². The van der Waals surface area contributed by atoms with Crippen LogP contribution in [0.3, 0.4) is 0 Å². The minimum atomic E-state index is -0.0694. The highest BCUT2D eigenvalue weighted by Gasteiger charge is 2.46. The third-order valence-electron chi connectivity index (χ3n) is 7.07. The minimum absolute atomic E-state index is 0.0694. The van der Waals surface area contributed by atoms with Crippen LogP contribution in [0.1, 0.15) is 30.4 Å². The number of piperidine rings is 1. The zero-order valence-electron chi connectivity index (χ0n) is 17.6. The van der Waals surface area contributed by atoms with Crippen LogP contribution in [0.25, 0.3) is 0 Å². The van der Waals surface area contributed by atoms with Crippen LogP contribution < -0.4 is 24.0 Å². The van der Waals surface area contributed by atoms with E-state index in [-0.39, 0.29) is 12.6 Å². The van der Waals surface area contributed by atoms with Crippen molar-refractivity contribution < 1.29 is 28.4 Å². The maximum absolute atomic E-state index is 14.1. The number of methoxy groups -OCH3 is 1. The summed E-state index contributed by atoms with van der Waals surface area (Å²) in [6, 6.07) is 11.4. The quantitative estimate of drug-likeness (QED) is 0.773. The van der Waals surface area contributed by atoms with Crippen LogP contribution in [0, 0.1) is 11.2 Å². The molecule has 1 spiro atoms. The molecule has 0 radical (unpaired) electrons. The Morgan fingerprint density at radius 1 is 1.03 bits per heavy atom. The predicted octanol–water partition coefficient (Wildman–Crippen LogP) is 1.22. The maximum Gasteiger partial charge on any atom is 0.231 e. The molecule has 3 heterocycles. The number of quaternary nitrogens is 2. The average Bonchev–Trinajstić information content (AvgIpc) is 3.36. The lowest BCUT2D eigenvalue weighted by Gasteiger charge is -2.36. The van der Waals surface area contributed by atoms with Gasteiger partial charge in [0.1, 0.15) is 18.9 Å². The normalized spacial score (nSPS) is 27.5. The van der Waals surface area contributed by atoms with Crippen LogP contribution in [0.2, 0.25) is 0 Å². The van der Waals surface area contributed by atoms with Crippen molar-refractivity contribution >= 4 is 0 Å². The van der Waals surface area contributed by atoms with Gasteiger partial charge < -0.3 is 24.0 Å². The van der Waals surface area contributed by atoms with Crippen LogP contribution in [0.4, 0.5) is 4.39 Å². The highest BCUT2D eigenvalue weighted by molar-refractivity contribution is 5.54. The van der Waals surface area contributed by atoms with E-state index < -0.39 is 0 Å². The van der Waals surface area contributed by atoms with E-state index in [1.165, 1.54) is 42.8 Å². The van der Waals surface area contributed by atoms with E-state index in [1.807, 2.05) is 12.1 Å². The zero-order valence-corrected chi connectivity index (χ0v) is 17.6. The molecule has 30 heavy (non-hydrogen) atoms. The molecule has 2 N–H and O–H groups in total. The van der Waals surface area contributed by atoms with Gasteiger partial charge in [-0.2, -0.15) is 0 Å². The highest BCUT2D eigenvalue weighted by atomic mass is 19.1. The molecule has 160 valence electrons. The van der Waals surface area contributed by atoms with Crippen LogP contribution >= 0.6 is 0 Å². The molecule has 2 fully saturated rings. The second kappa shape index (κ2) is 8.08. The molecule has 2 unspecified atom stereocenters. The predicted molar refractivity (Wildman–Crippen MR) is 111 cm³/mol. The molecule has 3 aliphatic rings. The van der Waals surface area contributed by atoms with Crippen LogP contribution in [0.15, 0.2) is 36.4 Å². The van der Waals surface area contributed by atoms with Crippen LogP contribution in [0.5, 0.6) is 17.2 Å². The number of ether oxygens (including phenoxy) is 3. The fourth-order valence-electron chi connectivity index (χ4n) is 5.72. The fourth-order valence-corrected chi connectivity index (χ4v) is 5.72. The summed E-state index contributed by atoms with van der Waals surface area (Å²) in [6.07, 6.45) is 3.78. The first-order chi connectivity index (χ1) is 14.6. The molecule has 0 aromatic heterocycles. The van der Waals surface area contributed by atoms with Gasteiger partial charge in [-0.1, -0.05) is 18.2 Å². The molecule has 2 aromatic carbocycles. The Hall–Kier alpha value is -2.31. The summed E-state index contributed by atoms with van der Waals surface area (Å²) < 4.78 is 30.7. The van der Waals surface area contributed by atoms with Gasteiger partial charge in [0, 0.05) is 17.5 Å². The summed E-state index contributed by atoms with van der Waals surface area (Å²) in [5.74, 6) is 2.19. The summed E-state index contributed by atoms with van der Waals surface area (Å²) in [5.41, 5.74) is 2.46. The second-order valence-corrected chi connectivity index (χ2v) is 9.18. The maximum atomic E-state index is 14.1. The van der Waals surface area contributed by atoms with E-state index in [0.717, 1.165) is 43.2 Å². The van der Waals surface area contributed by atoms with Crippen molar-refractivity contribution in [3.8, 4) is 17.2 Å². The van der Waals surface area contributed by atoms with Crippen molar-refractivity contribution in [2.75, 3.05) is 40.1 Å². The molecular weight excluding hydrogens is 383 g/mol. The summed E-state index contributed by atoms with van der Waals surface area (Å²) in [7, 11) is 1.67. The Labute approximate surface area is 177 Å². The molecule has 3 atom stereocenters. The first kappa shape index (κ1) is 19.6. The molecule has 0 bridgehead atoms. The monoisotopic (exact) mass is 414 g/mol. The Bertz CT molecular complexity index is 921. The van der Waals surface area contributed by atoms with Gasteiger partial charge in [-0.25, -0.2) is 4.39 Å². The number of rotatable bonds is 5. The number of hydrogen-bond acceptors (Lipinski definition) is 3. The first-order valence-electron chi connectivity index (χ1n) is 11.0. The summed E-state index contributed by atoms with van der Waals surface area (Å²) in [6.45, 7) is 6.68. The van der Waals surface area contributed by atoms with Gasteiger partial charge in [0.05, 0.1) is 38.7 Å². The molecule has 0 amide bonds. The number of fused-ring (bicyclic) bond motifs is 1. The van der Waals surface area contributed by atoms with Gasteiger partial charge >= 0.3 is 0 Å².